The van der Waals surface area contributed by atoms with Crippen molar-refractivity contribution in [1.82, 2.24) is 4.90 Å². The van der Waals surface area contributed by atoms with Crippen molar-refractivity contribution >= 4 is 5.91 Å². The predicted molar refractivity (Wildman–Crippen MR) is 75.2 cm³/mol. The fraction of sp³-hybridized carbons (Fsp3) is 0.933. The van der Waals surface area contributed by atoms with Gasteiger partial charge in [0.05, 0.1) is 0 Å². The highest BCUT2D eigenvalue weighted by molar-refractivity contribution is 5.75. The topological polar surface area (TPSA) is 20.3 Å². The molecule has 0 aromatic rings. The summed E-state index contributed by atoms with van der Waals surface area (Å²) < 4.78 is 0. The van der Waals surface area contributed by atoms with E-state index >= 15 is 0 Å². The maximum Gasteiger partial charge on any atom is 0.222 e. The van der Waals surface area contributed by atoms with Gasteiger partial charge in [-0.05, 0) is 12.8 Å². The van der Waals surface area contributed by atoms with Crippen molar-refractivity contribution in [1.29, 1.82) is 0 Å². The van der Waals surface area contributed by atoms with E-state index in [1.54, 1.807) is 0 Å². The average molecular weight is 241 g/mol. The molecule has 0 aromatic carbocycles. The van der Waals surface area contributed by atoms with Crippen LogP contribution < -0.4 is 0 Å². The zero-order valence-electron chi connectivity index (χ0n) is 12.1. The normalized spacial score (nSPS) is 10.5. The van der Waals surface area contributed by atoms with E-state index in [-0.39, 0.29) is 0 Å². The zero-order valence-corrected chi connectivity index (χ0v) is 12.1. The van der Waals surface area contributed by atoms with Gasteiger partial charge in [0, 0.05) is 20.0 Å². The molecule has 0 unspecified atom stereocenters. The number of carbonyl (C=O) groups excluding carboxylic acids is 1. The van der Waals surface area contributed by atoms with Gasteiger partial charge in [0.2, 0.25) is 5.91 Å². The number of rotatable bonds is 11. The third-order valence-electron chi connectivity index (χ3n) is 3.27. The van der Waals surface area contributed by atoms with Crippen LogP contribution in [0.4, 0.5) is 0 Å². The lowest BCUT2D eigenvalue weighted by Crippen LogP contribution is -2.27. The quantitative estimate of drug-likeness (QED) is 0.491. The number of unbranched alkanes of at least 4 members (excludes halogenated alkanes) is 7. The average Bonchev–Trinajstić information content (AvgIpc) is 2.34. The first-order valence-corrected chi connectivity index (χ1v) is 7.46. The maximum atomic E-state index is 11.7. The van der Waals surface area contributed by atoms with E-state index in [1.807, 2.05) is 11.9 Å². The second kappa shape index (κ2) is 11.9. The molecule has 0 bridgehead atoms. The summed E-state index contributed by atoms with van der Waals surface area (Å²) in [6.07, 6.45) is 12.0. The van der Waals surface area contributed by atoms with Gasteiger partial charge in [0.15, 0.2) is 0 Å². The van der Waals surface area contributed by atoms with Crippen molar-refractivity contribution < 1.29 is 4.79 Å². The summed E-state index contributed by atoms with van der Waals surface area (Å²) in [6.45, 7) is 5.32. The Labute approximate surface area is 108 Å². The Balaban J connectivity index is 3.32. The molecule has 1 amide bonds. The molecule has 0 spiro atoms. The standard InChI is InChI=1S/C15H31NO/c1-4-6-8-9-10-11-12-13-15(17)16(3)14-7-5-2/h4-14H2,1-3H3. The van der Waals surface area contributed by atoms with Crippen LogP contribution in [-0.2, 0) is 4.79 Å². The Morgan fingerprint density at radius 1 is 0.824 bits per heavy atom. The van der Waals surface area contributed by atoms with E-state index in [0.717, 1.165) is 32.2 Å². The lowest BCUT2D eigenvalue weighted by molar-refractivity contribution is -0.130. The number of hydrogen-bond acceptors (Lipinski definition) is 1. The van der Waals surface area contributed by atoms with Crippen LogP contribution in [0.15, 0.2) is 0 Å². The van der Waals surface area contributed by atoms with Gasteiger partial charge in [-0.25, -0.2) is 0 Å². The molecule has 2 nitrogen and oxygen atoms in total. The fourth-order valence-corrected chi connectivity index (χ4v) is 1.94. The Morgan fingerprint density at radius 2 is 1.35 bits per heavy atom. The Morgan fingerprint density at radius 3 is 1.94 bits per heavy atom. The van der Waals surface area contributed by atoms with E-state index in [1.165, 1.54) is 38.5 Å². The summed E-state index contributed by atoms with van der Waals surface area (Å²) in [5.41, 5.74) is 0. The smallest absolute Gasteiger partial charge is 0.222 e. The predicted octanol–water partition coefficient (Wildman–Crippen LogP) is 4.39. The van der Waals surface area contributed by atoms with Gasteiger partial charge < -0.3 is 4.90 Å². The molecule has 17 heavy (non-hydrogen) atoms. The van der Waals surface area contributed by atoms with E-state index < -0.39 is 0 Å². The van der Waals surface area contributed by atoms with Crippen LogP contribution in [0.1, 0.15) is 78.1 Å². The third kappa shape index (κ3) is 10.3. The van der Waals surface area contributed by atoms with E-state index in [9.17, 15) is 4.79 Å². The zero-order chi connectivity index (χ0) is 12.9. The summed E-state index contributed by atoms with van der Waals surface area (Å²) in [6, 6.07) is 0. The molecule has 0 radical (unpaired) electrons. The third-order valence-corrected chi connectivity index (χ3v) is 3.27. The van der Waals surface area contributed by atoms with Crippen LogP contribution in [0, 0.1) is 0 Å². The van der Waals surface area contributed by atoms with Crippen LogP contribution in [-0.4, -0.2) is 24.4 Å². The minimum atomic E-state index is 0.326. The van der Waals surface area contributed by atoms with Crippen LogP contribution in [0.3, 0.4) is 0 Å². The van der Waals surface area contributed by atoms with Crippen LogP contribution in [0.25, 0.3) is 0 Å². The van der Waals surface area contributed by atoms with Gasteiger partial charge in [0.1, 0.15) is 0 Å². The molecule has 0 atom stereocenters. The summed E-state index contributed by atoms with van der Waals surface area (Å²) in [7, 11) is 1.93. The second-order valence-corrected chi connectivity index (χ2v) is 5.04. The summed E-state index contributed by atoms with van der Waals surface area (Å²) in [5.74, 6) is 0.326. The maximum absolute atomic E-state index is 11.7. The van der Waals surface area contributed by atoms with Crippen molar-refractivity contribution in [2.24, 2.45) is 0 Å². The van der Waals surface area contributed by atoms with Gasteiger partial charge in [0.25, 0.3) is 0 Å². The molecular weight excluding hydrogens is 210 g/mol. The van der Waals surface area contributed by atoms with E-state index in [2.05, 4.69) is 13.8 Å². The van der Waals surface area contributed by atoms with Crippen LogP contribution in [0.2, 0.25) is 0 Å². The largest absolute Gasteiger partial charge is 0.346 e. The van der Waals surface area contributed by atoms with Crippen molar-refractivity contribution in [2.75, 3.05) is 13.6 Å². The van der Waals surface area contributed by atoms with Crippen molar-refractivity contribution in [3.63, 3.8) is 0 Å². The molecule has 0 aliphatic carbocycles. The molecule has 0 saturated carbocycles. The lowest BCUT2D eigenvalue weighted by Gasteiger charge is -2.16. The Bertz CT molecular complexity index is 180. The highest BCUT2D eigenvalue weighted by atomic mass is 16.2. The van der Waals surface area contributed by atoms with Gasteiger partial charge in [-0.15, -0.1) is 0 Å². The summed E-state index contributed by atoms with van der Waals surface area (Å²) >= 11 is 0. The SMILES string of the molecule is CCCCCCCCCC(=O)N(C)CCCC. The summed E-state index contributed by atoms with van der Waals surface area (Å²) in [5, 5.41) is 0. The number of amides is 1. The molecule has 0 aromatic heterocycles. The van der Waals surface area contributed by atoms with Crippen LogP contribution in [0.5, 0.6) is 0 Å². The molecular formula is C15H31NO. The molecule has 2 heteroatoms. The van der Waals surface area contributed by atoms with E-state index in [4.69, 9.17) is 0 Å². The molecule has 0 saturated heterocycles. The number of carbonyl (C=O) groups is 1. The van der Waals surface area contributed by atoms with Gasteiger partial charge in [-0.2, -0.15) is 0 Å². The van der Waals surface area contributed by atoms with Crippen molar-refractivity contribution in [2.45, 2.75) is 78.1 Å². The van der Waals surface area contributed by atoms with Gasteiger partial charge in [-0.3, -0.25) is 4.79 Å². The lowest BCUT2D eigenvalue weighted by atomic mass is 10.1. The van der Waals surface area contributed by atoms with Gasteiger partial charge >= 0.3 is 0 Å². The molecule has 0 fully saturated rings. The minimum Gasteiger partial charge on any atom is -0.346 e. The first-order chi connectivity index (χ1) is 8.22. The minimum absolute atomic E-state index is 0.326. The highest BCUT2D eigenvalue weighted by Gasteiger charge is 2.06. The first-order valence-electron chi connectivity index (χ1n) is 7.46. The molecule has 102 valence electrons. The van der Waals surface area contributed by atoms with Crippen LogP contribution >= 0.6 is 0 Å². The number of nitrogens with zero attached hydrogens (tertiary/aromatic N) is 1. The Hall–Kier alpha value is -0.530. The molecule has 0 aliphatic heterocycles. The molecule has 0 aliphatic rings. The van der Waals surface area contributed by atoms with E-state index in [0.29, 0.717) is 5.91 Å². The fourth-order valence-electron chi connectivity index (χ4n) is 1.94. The summed E-state index contributed by atoms with van der Waals surface area (Å²) in [4.78, 5) is 13.6. The van der Waals surface area contributed by atoms with Crippen molar-refractivity contribution in [3.05, 3.63) is 0 Å². The number of hydrogen-bond donors (Lipinski definition) is 0. The Kier molecular flexibility index (Phi) is 11.6. The second-order valence-electron chi connectivity index (χ2n) is 5.04. The molecule has 0 heterocycles. The van der Waals surface area contributed by atoms with Crippen molar-refractivity contribution in [3.8, 4) is 0 Å². The highest BCUT2D eigenvalue weighted by Crippen LogP contribution is 2.09. The van der Waals surface area contributed by atoms with Gasteiger partial charge in [-0.1, -0.05) is 58.8 Å². The first kappa shape index (κ1) is 16.5. The molecule has 0 rings (SSSR count). The molecule has 0 N–H and O–H groups in total. The monoisotopic (exact) mass is 241 g/mol.